The summed E-state index contributed by atoms with van der Waals surface area (Å²) in [5.41, 5.74) is -2.74. The molecule has 0 fully saturated rings. The predicted molar refractivity (Wildman–Crippen MR) is 89.7 cm³/mol. The van der Waals surface area contributed by atoms with Crippen LogP contribution >= 0.6 is 23.4 Å². The summed E-state index contributed by atoms with van der Waals surface area (Å²) in [6, 6.07) is 8.71. The van der Waals surface area contributed by atoms with Crippen molar-refractivity contribution in [2.45, 2.75) is 16.9 Å². The number of hydrogen-bond donors (Lipinski definition) is 1. The number of alkyl halides is 3. The number of thioether (sulfide) groups is 1. The minimum Gasteiger partial charge on any atom is -0.346 e. The number of amides is 1. The molecule has 0 aliphatic carbocycles. The van der Waals surface area contributed by atoms with Crippen molar-refractivity contribution in [2.75, 3.05) is 0 Å². The van der Waals surface area contributed by atoms with Crippen molar-refractivity contribution >= 4 is 34.9 Å². The molecule has 0 saturated heterocycles. The van der Waals surface area contributed by atoms with Gasteiger partial charge < -0.3 is 9.72 Å². The zero-order valence-corrected chi connectivity index (χ0v) is 14.1. The lowest BCUT2D eigenvalue weighted by Gasteiger charge is -2.07. The highest BCUT2D eigenvalue weighted by Gasteiger charge is 2.29. The number of halogens is 4. The van der Waals surface area contributed by atoms with Crippen LogP contribution in [0.3, 0.4) is 0 Å². The molecule has 2 aromatic heterocycles. The number of benzene rings is 1. The fourth-order valence-electron chi connectivity index (χ4n) is 2.18. The van der Waals surface area contributed by atoms with Gasteiger partial charge >= 0.3 is 5.51 Å². The third kappa shape index (κ3) is 4.67. The van der Waals surface area contributed by atoms with Crippen molar-refractivity contribution < 1.29 is 18.0 Å². The second-order valence-electron chi connectivity index (χ2n) is 5.10. The summed E-state index contributed by atoms with van der Waals surface area (Å²) < 4.78 is 38.6. The monoisotopic (exact) mass is 385 g/mol. The van der Waals surface area contributed by atoms with Gasteiger partial charge in [0.05, 0.1) is 17.3 Å². The van der Waals surface area contributed by atoms with Crippen LogP contribution < -0.4 is 5.32 Å². The molecule has 3 aromatic rings. The zero-order chi connectivity index (χ0) is 18.0. The molecule has 0 radical (unpaired) electrons. The summed E-state index contributed by atoms with van der Waals surface area (Å²) in [7, 11) is 0. The van der Waals surface area contributed by atoms with Crippen LogP contribution in [0.4, 0.5) is 13.2 Å². The van der Waals surface area contributed by atoms with Crippen LogP contribution in [0.2, 0.25) is 5.02 Å². The minimum absolute atomic E-state index is 0.0290. The average molecular weight is 386 g/mol. The highest BCUT2D eigenvalue weighted by molar-refractivity contribution is 8.00. The third-order valence-corrected chi connectivity index (χ3v) is 4.21. The molecule has 4 nitrogen and oxygen atoms in total. The molecule has 25 heavy (non-hydrogen) atoms. The lowest BCUT2D eigenvalue weighted by molar-refractivity contribution is -0.0328. The van der Waals surface area contributed by atoms with E-state index in [9.17, 15) is 18.0 Å². The van der Waals surface area contributed by atoms with Crippen molar-refractivity contribution in [1.29, 1.82) is 0 Å². The second-order valence-corrected chi connectivity index (χ2v) is 6.67. The maximum Gasteiger partial charge on any atom is 0.446 e. The van der Waals surface area contributed by atoms with Gasteiger partial charge in [-0.2, -0.15) is 13.2 Å². The Labute approximate surface area is 150 Å². The largest absolute Gasteiger partial charge is 0.446 e. The van der Waals surface area contributed by atoms with E-state index in [1.165, 1.54) is 24.3 Å². The summed E-state index contributed by atoms with van der Waals surface area (Å²) in [5, 5.41) is 3.25. The smallest absolute Gasteiger partial charge is 0.346 e. The molecule has 0 spiro atoms. The number of nitrogens with one attached hydrogen (secondary N) is 1. The number of aromatic nitrogens is 2. The van der Waals surface area contributed by atoms with Crippen LogP contribution in [0, 0.1) is 0 Å². The van der Waals surface area contributed by atoms with E-state index in [-0.39, 0.29) is 28.8 Å². The Morgan fingerprint density at radius 2 is 1.88 bits per heavy atom. The Hall–Kier alpha value is -2.19. The number of carbonyl (C=O) groups is 1. The van der Waals surface area contributed by atoms with Gasteiger partial charge in [-0.15, -0.1) is 0 Å². The molecule has 1 amide bonds. The molecule has 130 valence electrons. The quantitative estimate of drug-likeness (QED) is 0.671. The third-order valence-electron chi connectivity index (χ3n) is 3.24. The van der Waals surface area contributed by atoms with Gasteiger partial charge in [0.2, 0.25) is 0 Å². The molecule has 2 heterocycles. The minimum atomic E-state index is -4.35. The predicted octanol–water partition coefficient (Wildman–Crippen LogP) is 4.53. The van der Waals surface area contributed by atoms with E-state index in [1.54, 1.807) is 28.9 Å². The molecule has 9 heteroatoms. The van der Waals surface area contributed by atoms with E-state index in [0.29, 0.717) is 16.4 Å². The Morgan fingerprint density at radius 3 is 2.56 bits per heavy atom. The molecule has 3 rings (SSSR count). The molecular weight excluding hydrogens is 375 g/mol. The summed E-state index contributed by atoms with van der Waals surface area (Å²) in [6.45, 7) is 0.192. The first kappa shape index (κ1) is 17.6. The molecule has 0 aliphatic heterocycles. The first-order valence-electron chi connectivity index (χ1n) is 7.07. The van der Waals surface area contributed by atoms with Gasteiger partial charge in [-0.25, -0.2) is 4.98 Å². The lowest BCUT2D eigenvalue weighted by atomic mass is 10.2. The van der Waals surface area contributed by atoms with Crippen molar-refractivity contribution in [3.05, 3.63) is 65.1 Å². The van der Waals surface area contributed by atoms with E-state index in [2.05, 4.69) is 10.3 Å². The van der Waals surface area contributed by atoms with Crippen molar-refractivity contribution in [2.24, 2.45) is 0 Å². The van der Waals surface area contributed by atoms with E-state index in [1.807, 2.05) is 0 Å². The molecule has 0 atom stereocenters. The van der Waals surface area contributed by atoms with Crippen LogP contribution in [-0.4, -0.2) is 20.8 Å². The molecule has 0 aliphatic rings. The van der Waals surface area contributed by atoms with Crippen LogP contribution in [0.5, 0.6) is 0 Å². The van der Waals surface area contributed by atoms with Crippen LogP contribution in [-0.2, 0) is 6.54 Å². The Balaban J connectivity index is 1.63. The van der Waals surface area contributed by atoms with Gasteiger partial charge in [0.15, 0.2) is 0 Å². The fraction of sp³-hybridized carbons (Fsp3) is 0.125. The molecular formula is C16H11ClF3N3OS. The number of fused-ring (bicyclic) bond motifs is 1. The highest BCUT2D eigenvalue weighted by atomic mass is 35.5. The number of carbonyl (C=O) groups excluding carboxylic acids is 1. The highest BCUT2D eigenvalue weighted by Crippen LogP contribution is 2.36. The standard InChI is InChI=1S/C16H11ClF3N3OS/c17-11-3-6-14-22-12(9-23(14)8-11)7-21-15(24)10-1-4-13(5-2-10)25-16(18,19)20/h1-6,8-9H,7H2,(H,21,24). The lowest BCUT2D eigenvalue weighted by Crippen LogP contribution is -2.22. The Morgan fingerprint density at radius 1 is 1.16 bits per heavy atom. The SMILES string of the molecule is O=C(NCc1cn2cc(Cl)ccc2n1)c1ccc(SC(F)(F)F)cc1. The molecule has 0 bridgehead atoms. The number of hydrogen-bond acceptors (Lipinski definition) is 3. The van der Waals surface area contributed by atoms with Gasteiger partial charge in [0, 0.05) is 22.9 Å². The fourth-order valence-corrected chi connectivity index (χ4v) is 2.89. The Kier molecular flexibility index (Phi) is 4.91. The Bertz CT molecular complexity index is 909. The van der Waals surface area contributed by atoms with Crippen LogP contribution in [0.15, 0.2) is 53.7 Å². The summed E-state index contributed by atoms with van der Waals surface area (Å²) in [6.07, 6.45) is 3.44. The average Bonchev–Trinajstić information content (AvgIpc) is 2.93. The number of pyridine rings is 1. The van der Waals surface area contributed by atoms with Crippen LogP contribution in [0.1, 0.15) is 16.1 Å². The molecule has 1 aromatic carbocycles. The summed E-state index contributed by atoms with van der Waals surface area (Å²) in [4.78, 5) is 16.5. The normalized spacial score (nSPS) is 11.7. The molecule has 0 saturated carbocycles. The molecule has 1 N–H and O–H groups in total. The van der Waals surface area contributed by atoms with Crippen molar-refractivity contribution in [1.82, 2.24) is 14.7 Å². The molecule has 0 unspecified atom stereocenters. The summed E-state index contributed by atoms with van der Waals surface area (Å²) in [5.74, 6) is -0.390. The van der Waals surface area contributed by atoms with Crippen molar-refractivity contribution in [3.8, 4) is 0 Å². The van der Waals surface area contributed by atoms with Gasteiger partial charge in [0.1, 0.15) is 5.65 Å². The number of rotatable bonds is 4. The first-order valence-corrected chi connectivity index (χ1v) is 8.27. The van der Waals surface area contributed by atoms with E-state index in [4.69, 9.17) is 11.6 Å². The number of nitrogens with zero attached hydrogens (tertiary/aromatic N) is 2. The maximum absolute atomic E-state index is 12.3. The van der Waals surface area contributed by atoms with Crippen molar-refractivity contribution in [3.63, 3.8) is 0 Å². The van der Waals surface area contributed by atoms with Gasteiger partial charge in [0.25, 0.3) is 5.91 Å². The van der Waals surface area contributed by atoms with Gasteiger partial charge in [-0.05, 0) is 48.2 Å². The van der Waals surface area contributed by atoms with Gasteiger partial charge in [-0.1, -0.05) is 11.6 Å². The van der Waals surface area contributed by atoms with Gasteiger partial charge in [-0.3, -0.25) is 4.79 Å². The first-order chi connectivity index (χ1) is 11.8. The van der Waals surface area contributed by atoms with E-state index in [0.717, 1.165) is 0 Å². The topological polar surface area (TPSA) is 46.4 Å². The number of imidazole rings is 1. The zero-order valence-electron chi connectivity index (χ0n) is 12.5. The van der Waals surface area contributed by atoms with E-state index < -0.39 is 11.4 Å². The second kappa shape index (κ2) is 6.97. The van der Waals surface area contributed by atoms with E-state index >= 15 is 0 Å². The summed E-state index contributed by atoms with van der Waals surface area (Å²) >= 11 is 5.68. The van der Waals surface area contributed by atoms with Crippen LogP contribution in [0.25, 0.3) is 5.65 Å². The maximum atomic E-state index is 12.3.